The lowest BCUT2D eigenvalue weighted by Crippen LogP contribution is -2.37. The molecular weight excluding hydrogens is 402 g/mol. The number of ether oxygens (including phenoxy) is 1. The average molecular weight is 432 g/mol. The van der Waals surface area contributed by atoms with Crippen LogP contribution in [0.1, 0.15) is 22.3 Å². The first kappa shape index (κ1) is 21.9. The number of hydrogen-bond acceptors (Lipinski definition) is 6. The van der Waals surface area contributed by atoms with Crippen LogP contribution >= 0.6 is 0 Å². The van der Waals surface area contributed by atoms with Gasteiger partial charge in [0, 0.05) is 43.3 Å². The molecule has 2 N–H and O–H groups in total. The number of nitrogens with one attached hydrogen (secondary N) is 2. The maximum Gasteiger partial charge on any atom is 0.257 e. The zero-order valence-electron chi connectivity index (χ0n) is 18.4. The van der Waals surface area contributed by atoms with Crippen LogP contribution < -0.4 is 10.6 Å². The highest BCUT2D eigenvalue weighted by molar-refractivity contribution is 6.04. The van der Waals surface area contributed by atoms with Crippen LogP contribution in [-0.4, -0.2) is 60.2 Å². The topological polar surface area (TPSA) is 79.4 Å². The van der Waals surface area contributed by atoms with E-state index in [1.165, 1.54) is 0 Å². The molecule has 166 valence electrons. The van der Waals surface area contributed by atoms with Crippen LogP contribution in [0.25, 0.3) is 11.3 Å². The maximum atomic E-state index is 12.7. The zero-order valence-corrected chi connectivity index (χ0v) is 18.4. The molecule has 0 unspecified atom stereocenters. The van der Waals surface area contributed by atoms with Crippen molar-refractivity contribution in [2.75, 3.05) is 50.0 Å². The van der Waals surface area contributed by atoms with Gasteiger partial charge in [-0.1, -0.05) is 12.1 Å². The van der Waals surface area contributed by atoms with Gasteiger partial charge in [-0.2, -0.15) is 0 Å². The molecule has 0 radical (unpaired) electrons. The molecule has 0 atom stereocenters. The van der Waals surface area contributed by atoms with Gasteiger partial charge in [0.15, 0.2) is 0 Å². The number of carbonyl (C=O) groups excluding carboxylic acids is 1. The van der Waals surface area contributed by atoms with Crippen LogP contribution in [0.4, 0.5) is 11.5 Å². The molecule has 2 aromatic heterocycles. The van der Waals surface area contributed by atoms with E-state index in [-0.39, 0.29) is 5.91 Å². The van der Waals surface area contributed by atoms with Gasteiger partial charge < -0.3 is 15.4 Å². The van der Waals surface area contributed by atoms with E-state index in [2.05, 4.69) is 25.5 Å². The summed E-state index contributed by atoms with van der Waals surface area (Å²) in [5.74, 6) is 0.587. The number of nitrogens with zero attached hydrogens (tertiary/aromatic N) is 3. The standard InChI is InChI=1S/C25H29N5O2/c1-19-6-8-21(17-22(19)23-5-2-3-10-26-23)29-25(31)20-7-9-24(28-18-20)27-11-4-12-30-13-15-32-16-14-30/h2-3,5-10,17-18H,4,11-16H2,1H3,(H,27,28)(H,29,31). The molecule has 3 aromatic rings. The minimum absolute atomic E-state index is 0.188. The summed E-state index contributed by atoms with van der Waals surface area (Å²) < 4.78 is 5.37. The molecule has 0 saturated carbocycles. The van der Waals surface area contributed by atoms with E-state index < -0.39 is 0 Å². The van der Waals surface area contributed by atoms with Gasteiger partial charge in [0.1, 0.15) is 5.82 Å². The Balaban J connectivity index is 1.30. The van der Waals surface area contributed by atoms with Crippen molar-refractivity contribution >= 4 is 17.4 Å². The number of amides is 1. The molecule has 1 saturated heterocycles. The van der Waals surface area contributed by atoms with Crippen molar-refractivity contribution in [2.24, 2.45) is 0 Å². The number of benzene rings is 1. The van der Waals surface area contributed by atoms with E-state index in [1.54, 1.807) is 18.5 Å². The molecule has 7 nitrogen and oxygen atoms in total. The van der Waals surface area contributed by atoms with E-state index in [0.717, 1.165) is 74.1 Å². The lowest BCUT2D eigenvalue weighted by Gasteiger charge is -2.26. The molecule has 7 heteroatoms. The van der Waals surface area contributed by atoms with Gasteiger partial charge in [0.25, 0.3) is 5.91 Å². The van der Waals surface area contributed by atoms with Crippen molar-refractivity contribution in [2.45, 2.75) is 13.3 Å². The second-order valence-electron chi connectivity index (χ2n) is 7.87. The van der Waals surface area contributed by atoms with Crippen LogP contribution in [0.2, 0.25) is 0 Å². The third-order valence-electron chi connectivity index (χ3n) is 5.52. The average Bonchev–Trinajstić information content (AvgIpc) is 2.84. The van der Waals surface area contributed by atoms with Gasteiger partial charge in [0.05, 0.1) is 24.5 Å². The molecule has 1 aliphatic rings. The van der Waals surface area contributed by atoms with Crippen LogP contribution in [-0.2, 0) is 4.74 Å². The first-order valence-corrected chi connectivity index (χ1v) is 11.0. The Bertz CT molecular complexity index is 1020. The van der Waals surface area contributed by atoms with Crippen LogP contribution in [0, 0.1) is 6.92 Å². The highest BCUT2D eigenvalue weighted by Crippen LogP contribution is 2.25. The Kier molecular flexibility index (Phi) is 7.42. The first-order chi connectivity index (χ1) is 15.7. The fourth-order valence-electron chi connectivity index (χ4n) is 3.68. The maximum absolute atomic E-state index is 12.7. The summed E-state index contributed by atoms with van der Waals surface area (Å²) >= 11 is 0. The predicted molar refractivity (Wildman–Crippen MR) is 127 cm³/mol. The zero-order chi connectivity index (χ0) is 22.2. The molecule has 1 aliphatic heterocycles. The van der Waals surface area contributed by atoms with Crippen molar-refractivity contribution in [1.29, 1.82) is 0 Å². The van der Waals surface area contributed by atoms with Gasteiger partial charge in [-0.3, -0.25) is 14.7 Å². The molecule has 32 heavy (non-hydrogen) atoms. The molecule has 1 amide bonds. The molecule has 4 rings (SSSR count). The Morgan fingerprint density at radius 1 is 1.09 bits per heavy atom. The number of carbonyl (C=O) groups is 1. The molecule has 0 bridgehead atoms. The summed E-state index contributed by atoms with van der Waals surface area (Å²) in [7, 11) is 0. The number of anilines is 2. The van der Waals surface area contributed by atoms with Crippen molar-refractivity contribution < 1.29 is 9.53 Å². The van der Waals surface area contributed by atoms with Gasteiger partial charge in [-0.25, -0.2) is 4.98 Å². The monoisotopic (exact) mass is 431 g/mol. The van der Waals surface area contributed by atoms with E-state index in [0.29, 0.717) is 5.56 Å². The summed E-state index contributed by atoms with van der Waals surface area (Å²) in [6, 6.07) is 15.3. The molecule has 0 spiro atoms. The Labute approximate surface area is 188 Å². The minimum Gasteiger partial charge on any atom is -0.379 e. The number of hydrogen-bond donors (Lipinski definition) is 2. The summed E-state index contributed by atoms with van der Waals surface area (Å²) in [4.78, 5) is 23.9. The van der Waals surface area contributed by atoms with Crippen molar-refractivity contribution in [3.63, 3.8) is 0 Å². The van der Waals surface area contributed by atoms with Crippen molar-refractivity contribution in [1.82, 2.24) is 14.9 Å². The van der Waals surface area contributed by atoms with Crippen LogP contribution in [0.15, 0.2) is 60.9 Å². The third kappa shape index (κ3) is 5.90. The van der Waals surface area contributed by atoms with E-state index in [1.807, 2.05) is 49.4 Å². The van der Waals surface area contributed by atoms with Crippen LogP contribution in [0.5, 0.6) is 0 Å². The second-order valence-corrected chi connectivity index (χ2v) is 7.87. The number of aromatic nitrogens is 2. The molecule has 0 aliphatic carbocycles. The SMILES string of the molecule is Cc1ccc(NC(=O)c2ccc(NCCCN3CCOCC3)nc2)cc1-c1ccccn1. The third-order valence-corrected chi connectivity index (χ3v) is 5.52. The summed E-state index contributed by atoms with van der Waals surface area (Å²) in [5, 5.41) is 6.29. The van der Waals surface area contributed by atoms with Gasteiger partial charge in [0.2, 0.25) is 0 Å². The van der Waals surface area contributed by atoms with E-state index in [4.69, 9.17) is 4.74 Å². The Morgan fingerprint density at radius 3 is 2.72 bits per heavy atom. The van der Waals surface area contributed by atoms with Gasteiger partial charge >= 0.3 is 0 Å². The first-order valence-electron chi connectivity index (χ1n) is 11.0. The second kappa shape index (κ2) is 10.8. The highest BCUT2D eigenvalue weighted by Gasteiger charge is 2.11. The lowest BCUT2D eigenvalue weighted by molar-refractivity contribution is 0.0378. The number of rotatable bonds is 8. The number of aryl methyl sites for hydroxylation is 1. The Hall–Kier alpha value is -3.29. The van der Waals surface area contributed by atoms with E-state index >= 15 is 0 Å². The van der Waals surface area contributed by atoms with Gasteiger partial charge in [-0.05, 0) is 61.9 Å². The number of morpholine rings is 1. The molecule has 3 heterocycles. The normalized spacial score (nSPS) is 14.2. The van der Waals surface area contributed by atoms with E-state index in [9.17, 15) is 4.79 Å². The molecular formula is C25H29N5O2. The van der Waals surface area contributed by atoms with Crippen LogP contribution in [0.3, 0.4) is 0 Å². The summed E-state index contributed by atoms with van der Waals surface area (Å²) in [5.41, 5.74) is 4.23. The minimum atomic E-state index is -0.188. The fourth-order valence-corrected chi connectivity index (χ4v) is 3.68. The summed E-state index contributed by atoms with van der Waals surface area (Å²) in [6.45, 7) is 7.59. The quantitative estimate of drug-likeness (QED) is 0.528. The largest absolute Gasteiger partial charge is 0.379 e. The predicted octanol–water partition coefficient (Wildman–Crippen LogP) is 3.84. The lowest BCUT2D eigenvalue weighted by atomic mass is 10.0. The highest BCUT2D eigenvalue weighted by atomic mass is 16.5. The van der Waals surface area contributed by atoms with Crippen molar-refractivity contribution in [3.05, 3.63) is 72.1 Å². The van der Waals surface area contributed by atoms with Gasteiger partial charge in [-0.15, -0.1) is 0 Å². The fraction of sp³-hybridized carbons (Fsp3) is 0.320. The smallest absolute Gasteiger partial charge is 0.257 e. The van der Waals surface area contributed by atoms with Crippen molar-refractivity contribution in [3.8, 4) is 11.3 Å². The molecule has 1 aromatic carbocycles. The number of pyridine rings is 2. The summed E-state index contributed by atoms with van der Waals surface area (Å²) in [6.07, 6.45) is 4.41. The molecule has 1 fully saturated rings. The Morgan fingerprint density at radius 2 is 1.97 bits per heavy atom.